The molecule has 1 aromatic carbocycles. The predicted molar refractivity (Wildman–Crippen MR) is 114 cm³/mol. The standard InChI is InChI=1S/C21H23F2N3O5S/c1-13(27)24-10-17-11-26(21(28)31-17)16-8-18(22)20(19(23)9-16)25-5-2-14(3-6-25)15-4-7-32(29,30)12-15/h4,7-9,12,14,17H,2-3,5-6,10-11H2,1H3,(H,24,27)/t17-/m0/s1. The highest BCUT2D eigenvalue weighted by Crippen LogP contribution is 2.35. The fourth-order valence-electron chi connectivity index (χ4n) is 4.22. The summed E-state index contributed by atoms with van der Waals surface area (Å²) in [6.45, 7) is 2.25. The minimum Gasteiger partial charge on any atom is -0.442 e. The average molecular weight is 467 g/mol. The number of benzene rings is 1. The Labute approximate surface area is 184 Å². The topological polar surface area (TPSA) is 96.0 Å². The van der Waals surface area contributed by atoms with Crippen LogP contribution in [0.15, 0.2) is 34.6 Å². The Kier molecular flexibility index (Phi) is 5.93. The molecule has 8 nitrogen and oxygen atoms in total. The van der Waals surface area contributed by atoms with E-state index in [-0.39, 0.29) is 36.3 Å². The summed E-state index contributed by atoms with van der Waals surface area (Å²) in [7, 11) is -3.29. The fraction of sp³-hybridized carbons (Fsp3) is 0.429. The SMILES string of the molecule is CC(=O)NC[C@H]1CN(c2cc(F)c(N3CCC(C4=CS(=O)(=O)C=C4)CC3)c(F)c2)C(=O)O1. The van der Waals surface area contributed by atoms with Crippen LogP contribution in [-0.2, 0) is 19.4 Å². The lowest BCUT2D eigenvalue weighted by Gasteiger charge is -2.34. The number of nitrogens with zero attached hydrogens (tertiary/aromatic N) is 2. The fourth-order valence-corrected chi connectivity index (χ4v) is 5.29. The van der Waals surface area contributed by atoms with Crippen LogP contribution in [0.2, 0.25) is 0 Å². The van der Waals surface area contributed by atoms with Gasteiger partial charge in [-0.1, -0.05) is 0 Å². The lowest BCUT2D eigenvalue weighted by atomic mass is 9.90. The maximum absolute atomic E-state index is 14.9. The number of cyclic esters (lactones) is 1. The van der Waals surface area contributed by atoms with Crippen molar-refractivity contribution in [1.82, 2.24) is 5.32 Å². The maximum Gasteiger partial charge on any atom is 0.414 e. The van der Waals surface area contributed by atoms with E-state index in [1.165, 1.54) is 12.3 Å². The van der Waals surface area contributed by atoms with E-state index >= 15 is 0 Å². The van der Waals surface area contributed by atoms with Crippen LogP contribution < -0.4 is 15.1 Å². The molecule has 0 radical (unpaired) electrons. The van der Waals surface area contributed by atoms with Crippen LogP contribution in [0.25, 0.3) is 0 Å². The number of amides is 2. The van der Waals surface area contributed by atoms with Crippen molar-refractivity contribution >= 4 is 33.2 Å². The van der Waals surface area contributed by atoms with Crippen LogP contribution in [0.3, 0.4) is 0 Å². The van der Waals surface area contributed by atoms with Crippen molar-refractivity contribution in [3.8, 4) is 0 Å². The molecule has 0 spiro atoms. The molecule has 3 heterocycles. The number of allylic oxidation sites excluding steroid dienone is 2. The molecule has 11 heteroatoms. The monoisotopic (exact) mass is 467 g/mol. The van der Waals surface area contributed by atoms with Gasteiger partial charge >= 0.3 is 6.09 Å². The molecule has 0 aliphatic carbocycles. The molecule has 2 fully saturated rings. The van der Waals surface area contributed by atoms with Gasteiger partial charge in [-0.2, -0.15) is 0 Å². The summed E-state index contributed by atoms with van der Waals surface area (Å²) < 4.78 is 58.1. The highest BCUT2D eigenvalue weighted by Gasteiger charge is 2.34. The van der Waals surface area contributed by atoms with Crippen molar-refractivity contribution in [3.63, 3.8) is 0 Å². The normalized spacial score (nSPS) is 22.8. The zero-order chi connectivity index (χ0) is 23.0. The number of carbonyl (C=O) groups is 2. The quantitative estimate of drug-likeness (QED) is 0.715. The van der Waals surface area contributed by atoms with E-state index in [2.05, 4.69) is 5.32 Å². The van der Waals surface area contributed by atoms with Crippen molar-refractivity contribution in [2.75, 3.05) is 36.0 Å². The van der Waals surface area contributed by atoms with Gasteiger partial charge in [-0.25, -0.2) is 22.0 Å². The van der Waals surface area contributed by atoms with E-state index in [4.69, 9.17) is 4.74 Å². The second-order valence-corrected chi connectivity index (χ2v) is 9.77. The summed E-state index contributed by atoms with van der Waals surface area (Å²) >= 11 is 0. The first-order valence-electron chi connectivity index (χ1n) is 10.2. The summed E-state index contributed by atoms with van der Waals surface area (Å²) in [6, 6.07) is 2.20. The molecule has 2 amide bonds. The first-order chi connectivity index (χ1) is 15.1. The van der Waals surface area contributed by atoms with E-state index in [1.54, 1.807) is 11.0 Å². The van der Waals surface area contributed by atoms with Crippen LogP contribution >= 0.6 is 0 Å². The molecule has 1 N–H and O–H groups in total. The third kappa shape index (κ3) is 4.62. The van der Waals surface area contributed by atoms with Crippen molar-refractivity contribution in [2.24, 2.45) is 5.92 Å². The first kappa shape index (κ1) is 22.3. The zero-order valence-corrected chi connectivity index (χ0v) is 18.2. The van der Waals surface area contributed by atoms with Crippen LogP contribution in [0.1, 0.15) is 19.8 Å². The molecular weight excluding hydrogens is 444 g/mol. The zero-order valence-electron chi connectivity index (χ0n) is 17.4. The number of carbonyl (C=O) groups excluding carboxylic acids is 2. The van der Waals surface area contributed by atoms with Crippen molar-refractivity contribution in [1.29, 1.82) is 0 Å². The van der Waals surface area contributed by atoms with Gasteiger partial charge in [0, 0.05) is 43.0 Å². The van der Waals surface area contributed by atoms with Crippen LogP contribution in [0, 0.1) is 17.6 Å². The molecule has 2 saturated heterocycles. The van der Waals surface area contributed by atoms with Crippen LogP contribution in [0.4, 0.5) is 25.0 Å². The smallest absolute Gasteiger partial charge is 0.414 e. The van der Waals surface area contributed by atoms with Gasteiger partial charge in [0.2, 0.25) is 5.91 Å². The number of hydrogen-bond acceptors (Lipinski definition) is 6. The summed E-state index contributed by atoms with van der Waals surface area (Å²) in [5.74, 6) is -1.84. The number of ether oxygens (including phenoxy) is 1. The van der Waals surface area contributed by atoms with Gasteiger partial charge < -0.3 is 15.0 Å². The molecule has 172 valence electrons. The van der Waals surface area contributed by atoms with Gasteiger partial charge in [0.05, 0.1) is 18.8 Å². The summed E-state index contributed by atoms with van der Waals surface area (Å²) in [5, 5.41) is 4.96. The highest BCUT2D eigenvalue weighted by atomic mass is 32.2. The maximum atomic E-state index is 14.9. The molecule has 3 aliphatic rings. The lowest BCUT2D eigenvalue weighted by Crippen LogP contribution is -2.35. The molecule has 1 aromatic rings. The second-order valence-electron chi connectivity index (χ2n) is 8.08. The molecule has 1 atom stereocenters. The Hall–Kier alpha value is -2.95. The van der Waals surface area contributed by atoms with E-state index in [0.717, 1.165) is 28.0 Å². The molecule has 4 rings (SSSR count). The van der Waals surface area contributed by atoms with Gasteiger partial charge in [-0.15, -0.1) is 0 Å². The van der Waals surface area contributed by atoms with E-state index in [0.29, 0.717) is 25.9 Å². The van der Waals surface area contributed by atoms with E-state index < -0.39 is 33.7 Å². The van der Waals surface area contributed by atoms with E-state index in [9.17, 15) is 26.8 Å². The van der Waals surface area contributed by atoms with Crippen molar-refractivity contribution < 1.29 is 31.5 Å². The van der Waals surface area contributed by atoms with E-state index in [1.807, 2.05) is 0 Å². The molecule has 32 heavy (non-hydrogen) atoms. The number of rotatable bonds is 5. The molecular formula is C21H23F2N3O5S. The molecule has 0 aromatic heterocycles. The first-order valence-corrected chi connectivity index (χ1v) is 11.9. The minimum absolute atomic E-state index is 0.0186. The summed E-state index contributed by atoms with van der Waals surface area (Å²) in [6.07, 6.45) is 1.37. The number of piperidine rings is 1. The van der Waals surface area contributed by atoms with Gasteiger partial charge in [0.15, 0.2) is 21.5 Å². The third-order valence-electron chi connectivity index (χ3n) is 5.80. The second kappa shape index (κ2) is 8.53. The van der Waals surface area contributed by atoms with Gasteiger partial charge in [0.25, 0.3) is 0 Å². The van der Waals surface area contributed by atoms with Crippen molar-refractivity contribution in [3.05, 3.63) is 46.2 Å². The Bertz CT molecular complexity index is 1090. The minimum atomic E-state index is -3.29. The van der Waals surface area contributed by atoms with Gasteiger partial charge in [0.1, 0.15) is 11.8 Å². The number of anilines is 2. The average Bonchev–Trinajstić information content (AvgIpc) is 3.28. The highest BCUT2D eigenvalue weighted by molar-refractivity contribution is 7.97. The Morgan fingerprint density at radius 2 is 1.88 bits per heavy atom. The Morgan fingerprint density at radius 1 is 1.22 bits per heavy atom. The molecule has 0 unspecified atom stereocenters. The van der Waals surface area contributed by atoms with Crippen LogP contribution in [0.5, 0.6) is 0 Å². The predicted octanol–water partition coefficient (Wildman–Crippen LogP) is 2.47. The third-order valence-corrected chi connectivity index (χ3v) is 6.92. The Morgan fingerprint density at radius 3 is 2.44 bits per heavy atom. The number of halogens is 2. The van der Waals surface area contributed by atoms with Crippen molar-refractivity contribution in [2.45, 2.75) is 25.9 Å². The van der Waals surface area contributed by atoms with Gasteiger partial charge in [-0.05, 0) is 30.4 Å². The Balaban J connectivity index is 1.44. The van der Waals surface area contributed by atoms with Crippen LogP contribution in [-0.4, -0.2) is 52.7 Å². The largest absolute Gasteiger partial charge is 0.442 e. The molecule has 0 bridgehead atoms. The molecule has 0 saturated carbocycles. The summed E-state index contributed by atoms with van der Waals surface area (Å²) in [4.78, 5) is 25.9. The number of sulfone groups is 1. The number of nitrogens with one attached hydrogen (secondary N) is 1. The van der Waals surface area contributed by atoms with Gasteiger partial charge in [-0.3, -0.25) is 9.69 Å². The lowest BCUT2D eigenvalue weighted by molar-refractivity contribution is -0.119. The number of hydrogen-bond donors (Lipinski definition) is 1. The molecule has 3 aliphatic heterocycles. The summed E-state index contributed by atoms with van der Waals surface area (Å²) in [5.41, 5.74) is 0.598.